The Kier molecular flexibility index (Phi) is 4.24. The van der Waals surface area contributed by atoms with Crippen LogP contribution in [0.4, 0.5) is 22.6 Å². The van der Waals surface area contributed by atoms with Crippen molar-refractivity contribution in [1.82, 2.24) is 15.0 Å². The molecule has 3 N–H and O–H groups in total. The monoisotopic (exact) mass is 335 g/mol. The van der Waals surface area contributed by atoms with E-state index in [4.69, 9.17) is 5.73 Å². The van der Waals surface area contributed by atoms with Gasteiger partial charge in [-0.1, -0.05) is 0 Å². The first-order chi connectivity index (χ1) is 11.0. The molecule has 1 aliphatic heterocycles. The number of anilines is 3. The fraction of sp³-hybridized carbons (Fsp3) is 0.462. The molecule has 3 rings (SSSR count). The molecule has 23 heavy (non-hydrogen) atoms. The lowest BCUT2D eigenvalue weighted by Crippen LogP contribution is -2.40. The Bertz CT molecular complexity index is 712. The maximum absolute atomic E-state index is 10.7. The molecule has 0 radical (unpaired) electrons. The van der Waals surface area contributed by atoms with Gasteiger partial charge in [-0.2, -0.15) is 4.98 Å². The zero-order valence-corrected chi connectivity index (χ0v) is 13.4. The zero-order chi connectivity index (χ0) is 16.4. The summed E-state index contributed by atoms with van der Waals surface area (Å²) < 4.78 is 0. The molecule has 2 aromatic heterocycles. The van der Waals surface area contributed by atoms with Gasteiger partial charge in [0.25, 0.3) is 0 Å². The minimum Gasteiger partial charge on any atom is -0.378 e. The number of piperidine rings is 1. The van der Waals surface area contributed by atoms with Crippen molar-refractivity contribution in [1.29, 1.82) is 0 Å². The second-order valence-electron chi connectivity index (χ2n) is 5.40. The molecule has 0 aromatic carbocycles. The third kappa shape index (κ3) is 3.47. The molecule has 0 atom stereocenters. The van der Waals surface area contributed by atoms with Gasteiger partial charge in [0.05, 0.1) is 10.6 Å². The van der Waals surface area contributed by atoms with Crippen molar-refractivity contribution in [2.75, 3.05) is 29.0 Å². The number of hydrogen-bond donors (Lipinski definition) is 2. The zero-order valence-electron chi connectivity index (χ0n) is 12.6. The third-order valence-electron chi connectivity index (χ3n) is 3.71. The smallest absolute Gasteiger partial charge is 0.329 e. The predicted octanol–water partition coefficient (Wildman–Crippen LogP) is 1.81. The summed E-state index contributed by atoms with van der Waals surface area (Å²) in [4.78, 5) is 24.7. The maximum Gasteiger partial charge on any atom is 0.329 e. The number of thiazole rings is 1. The number of nitrogens with zero attached hydrogens (tertiary/aromatic N) is 5. The molecule has 1 saturated heterocycles. The number of nitro groups is 1. The number of rotatable bonds is 4. The van der Waals surface area contributed by atoms with Crippen LogP contribution in [0, 0.1) is 17.0 Å². The molecule has 122 valence electrons. The second-order valence-corrected chi connectivity index (χ2v) is 6.26. The molecule has 9 nitrogen and oxygen atoms in total. The highest BCUT2D eigenvalue weighted by molar-refractivity contribution is 7.13. The predicted molar refractivity (Wildman–Crippen MR) is 88.8 cm³/mol. The van der Waals surface area contributed by atoms with E-state index in [1.165, 1.54) is 6.20 Å². The molecular formula is C13H17N7O2S. The Balaban J connectivity index is 1.60. The molecule has 0 unspecified atom stereocenters. The van der Waals surface area contributed by atoms with Crippen molar-refractivity contribution in [3.05, 3.63) is 27.4 Å². The first-order valence-electron chi connectivity index (χ1n) is 7.23. The Morgan fingerprint density at radius 1 is 1.43 bits per heavy atom. The van der Waals surface area contributed by atoms with Crippen LogP contribution in [0.3, 0.4) is 0 Å². The molecule has 3 heterocycles. The molecule has 10 heteroatoms. The maximum atomic E-state index is 10.7. The molecule has 0 aliphatic carbocycles. The van der Waals surface area contributed by atoms with Gasteiger partial charge in [0, 0.05) is 24.5 Å². The quantitative estimate of drug-likeness (QED) is 0.640. The van der Waals surface area contributed by atoms with E-state index in [-0.39, 0.29) is 11.5 Å². The highest BCUT2D eigenvalue weighted by Crippen LogP contribution is 2.24. The number of aryl methyl sites for hydroxylation is 1. The lowest BCUT2D eigenvalue weighted by atomic mass is 10.1. The minimum atomic E-state index is -0.578. The van der Waals surface area contributed by atoms with Gasteiger partial charge < -0.3 is 16.0 Å². The van der Waals surface area contributed by atoms with Crippen molar-refractivity contribution in [2.24, 2.45) is 0 Å². The van der Waals surface area contributed by atoms with Crippen LogP contribution >= 0.6 is 11.3 Å². The first-order valence-corrected chi connectivity index (χ1v) is 8.11. The van der Waals surface area contributed by atoms with Crippen LogP contribution in [-0.2, 0) is 0 Å². The Morgan fingerprint density at radius 2 is 2.17 bits per heavy atom. The molecule has 0 bridgehead atoms. The number of nitrogens with one attached hydrogen (secondary N) is 1. The lowest BCUT2D eigenvalue weighted by molar-refractivity contribution is -0.384. The number of aromatic nitrogens is 3. The van der Waals surface area contributed by atoms with E-state index in [0.717, 1.165) is 36.8 Å². The van der Waals surface area contributed by atoms with Crippen LogP contribution in [0.5, 0.6) is 0 Å². The van der Waals surface area contributed by atoms with Gasteiger partial charge in [-0.05, 0) is 19.8 Å². The van der Waals surface area contributed by atoms with Gasteiger partial charge in [-0.3, -0.25) is 10.1 Å². The van der Waals surface area contributed by atoms with E-state index in [2.05, 4.69) is 20.3 Å². The molecular weight excluding hydrogens is 318 g/mol. The Hall–Kier alpha value is -2.49. The van der Waals surface area contributed by atoms with Gasteiger partial charge in [0.1, 0.15) is 6.20 Å². The summed E-state index contributed by atoms with van der Waals surface area (Å²) in [6, 6.07) is 0.354. The van der Waals surface area contributed by atoms with Crippen molar-refractivity contribution in [2.45, 2.75) is 25.8 Å². The molecule has 0 saturated carbocycles. The number of hydrogen-bond acceptors (Lipinski definition) is 9. The summed E-state index contributed by atoms with van der Waals surface area (Å²) in [5, 5.41) is 17.1. The average Bonchev–Trinajstić information content (AvgIpc) is 2.92. The van der Waals surface area contributed by atoms with Crippen molar-refractivity contribution in [3.8, 4) is 0 Å². The van der Waals surface area contributed by atoms with Crippen molar-refractivity contribution < 1.29 is 4.92 Å². The van der Waals surface area contributed by atoms with E-state index in [1.54, 1.807) is 11.3 Å². The van der Waals surface area contributed by atoms with Gasteiger partial charge >= 0.3 is 5.69 Å². The SMILES string of the molecule is Cc1csc(NC2CCN(c3ncc([N+](=O)[O-])c(N)n3)CC2)n1. The highest BCUT2D eigenvalue weighted by Gasteiger charge is 2.23. The van der Waals surface area contributed by atoms with E-state index >= 15 is 0 Å². The van der Waals surface area contributed by atoms with Crippen molar-refractivity contribution in [3.63, 3.8) is 0 Å². The minimum absolute atomic E-state index is 0.0986. The molecule has 1 fully saturated rings. The number of nitrogens with two attached hydrogens (primary N) is 1. The Labute approximate surface area is 136 Å². The molecule has 1 aliphatic rings. The van der Waals surface area contributed by atoms with E-state index in [9.17, 15) is 10.1 Å². The largest absolute Gasteiger partial charge is 0.378 e. The van der Waals surface area contributed by atoms with Crippen LogP contribution in [0.1, 0.15) is 18.5 Å². The first kappa shape index (κ1) is 15.4. The molecule has 0 spiro atoms. The van der Waals surface area contributed by atoms with Crippen LogP contribution in [-0.4, -0.2) is 39.0 Å². The topological polar surface area (TPSA) is 123 Å². The second kappa shape index (κ2) is 6.32. The van der Waals surface area contributed by atoms with E-state index in [0.29, 0.717) is 12.0 Å². The molecule has 0 amide bonds. The fourth-order valence-electron chi connectivity index (χ4n) is 2.49. The van der Waals surface area contributed by atoms with E-state index in [1.807, 2.05) is 17.2 Å². The summed E-state index contributed by atoms with van der Waals surface area (Å²) in [6.45, 7) is 3.50. The highest BCUT2D eigenvalue weighted by atomic mass is 32.1. The summed E-state index contributed by atoms with van der Waals surface area (Å²) >= 11 is 1.61. The van der Waals surface area contributed by atoms with Gasteiger partial charge in [0.2, 0.25) is 11.8 Å². The fourth-order valence-corrected chi connectivity index (χ4v) is 3.26. The van der Waals surface area contributed by atoms with Gasteiger partial charge in [-0.25, -0.2) is 9.97 Å². The van der Waals surface area contributed by atoms with E-state index < -0.39 is 4.92 Å². The van der Waals surface area contributed by atoms with Crippen LogP contribution in [0.2, 0.25) is 0 Å². The van der Waals surface area contributed by atoms with Crippen molar-refractivity contribution >= 4 is 33.9 Å². The Morgan fingerprint density at radius 3 is 2.74 bits per heavy atom. The summed E-state index contributed by atoms with van der Waals surface area (Å²) in [5.41, 5.74) is 6.38. The third-order valence-corrected chi connectivity index (χ3v) is 4.60. The summed E-state index contributed by atoms with van der Waals surface area (Å²) in [5.74, 6) is 0.343. The van der Waals surface area contributed by atoms with Crippen LogP contribution in [0.15, 0.2) is 11.6 Å². The summed E-state index contributed by atoms with van der Waals surface area (Å²) in [7, 11) is 0. The average molecular weight is 335 g/mol. The summed E-state index contributed by atoms with van der Waals surface area (Å²) in [6.07, 6.45) is 3.00. The standard InChI is InChI=1S/C13H17N7O2S/c1-8-7-23-13(16-8)17-9-2-4-19(5-3-9)12-15-6-10(20(21)22)11(14)18-12/h6-7,9H,2-5H2,1H3,(H,16,17)(H2,14,15,18). The van der Waals surface area contributed by atoms with Crippen LogP contribution in [0.25, 0.3) is 0 Å². The van der Waals surface area contributed by atoms with Crippen LogP contribution < -0.4 is 16.0 Å². The molecule has 2 aromatic rings. The normalized spacial score (nSPS) is 15.6. The lowest BCUT2D eigenvalue weighted by Gasteiger charge is -2.32. The number of nitrogen functional groups attached to an aromatic ring is 1. The van der Waals surface area contributed by atoms with Gasteiger partial charge in [0.15, 0.2) is 5.13 Å². The van der Waals surface area contributed by atoms with Gasteiger partial charge in [-0.15, -0.1) is 11.3 Å².